The smallest absolute Gasteiger partial charge is 0.260 e. The van der Waals surface area contributed by atoms with E-state index in [-0.39, 0.29) is 5.76 Å². The van der Waals surface area contributed by atoms with Crippen molar-refractivity contribution in [3.8, 4) is 0 Å². The molecular formula is C14H18N2O4S. The van der Waals surface area contributed by atoms with E-state index >= 15 is 0 Å². The van der Waals surface area contributed by atoms with Crippen molar-refractivity contribution in [3.05, 3.63) is 34.7 Å². The number of aliphatic hydroxyl groups excluding tert-OH is 1. The summed E-state index contributed by atoms with van der Waals surface area (Å²) in [5.74, 6) is -0.202. The van der Waals surface area contributed by atoms with Crippen molar-refractivity contribution in [2.24, 2.45) is 0 Å². The Morgan fingerprint density at radius 2 is 2.00 bits per heavy atom. The van der Waals surface area contributed by atoms with Crippen LogP contribution in [0.25, 0.3) is 5.76 Å². The van der Waals surface area contributed by atoms with Crippen LogP contribution in [0.4, 0.5) is 5.69 Å². The molecule has 0 bridgehead atoms. The Morgan fingerprint density at radius 3 is 2.71 bits per heavy atom. The van der Waals surface area contributed by atoms with Gasteiger partial charge in [-0.1, -0.05) is 6.07 Å². The average Bonchev–Trinajstić information content (AvgIpc) is 2.46. The topological polar surface area (TPSA) is 70.1 Å². The maximum Gasteiger partial charge on any atom is 0.260 e. The van der Waals surface area contributed by atoms with E-state index in [9.17, 15) is 13.5 Å². The molecule has 7 heteroatoms. The van der Waals surface area contributed by atoms with E-state index in [0.717, 1.165) is 43.8 Å². The number of morpholine rings is 1. The Morgan fingerprint density at radius 1 is 1.29 bits per heavy atom. The van der Waals surface area contributed by atoms with E-state index in [1.54, 1.807) is 6.07 Å². The lowest BCUT2D eigenvalue weighted by molar-refractivity contribution is 0.0342. The number of ether oxygens (including phenoxy) is 1. The molecule has 21 heavy (non-hydrogen) atoms. The third-order valence-corrected chi connectivity index (χ3v) is 5.31. The monoisotopic (exact) mass is 310 g/mol. The maximum atomic E-state index is 11.8. The van der Waals surface area contributed by atoms with Gasteiger partial charge in [0.05, 0.1) is 24.3 Å². The number of rotatable bonds is 2. The Labute approximate surface area is 124 Å². The van der Waals surface area contributed by atoms with Gasteiger partial charge in [-0.25, -0.2) is 8.42 Å². The quantitative estimate of drug-likeness (QED) is 0.887. The van der Waals surface area contributed by atoms with E-state index in [2.05, 4.69) is 4.90 Å². The number of benzene rings is 1. The average molecular weight is 310 g/mol. The molecule has 3 rings (SSSR count). The molecule has 0 aliphatic carbocycles. The molecule has 6 nitrogen and oxygen atoms in total. The highest BCUT2D eigenvalue weighted by atomic mass is 32.2. The molecule has 1 aromatic carbocycles. The van der Waals surface area contributed by atoms with Gasteiger partial charge in [-0.15, -0.1) is 0 Å². The lowest BCUT2D eigenvalue weighted by atomic mass is 10.1. The molecule has 0 amide bonds. The van der Waals surface area contributed by atoms with Gasteiger partial charge in [0.1, 0.15) is 5.76 Å². The van der Waals surface area contributed by atoms with E-state index in [1.807, 2.05) is 12.1 Å². The molecule has 2 aliphatic heterocycles. The molecule has 0 spiro atoms. The first-order valence-corrected chi connectivity index (χ1v) is 8.31. The Hall–Kier alpha value is -1.57. The summed E-state index contributed by atoms with van der Waals surface area (Å²) in [6.45, 7) is 3.99. The third-order valence-electron chi connectivity index (χ3n) is 3.83. The molecule has 0 aromatic heterocycles. The van der Waals surface area contributed by atoms with Gasteiger partial charge in [0.2, 0.25) is 0 Å². The van der Waals surface area contributed by atoms with Gasteiger partial charge in [-0.2, -0.15) is 0 Å². The van der Waals surface area contributed by atoms with Gasteiger partial charge in [-0.3, -0.25) is 9.21 Å². The van der Waals surface area contributed by atoms with Gasteiger partial charge in [0.25, 0.3) is 10.0 Å². The maximum absolute atomic E-state index is 11.8. The highest BCUT2D eigenvalue weighted by molar-refractivity contribution is 7.95. The summed E-state index contributed by atoms with van der Waals surface area (Å²) in [6, 6.07) is 5.49. The van der Waals surface area contributed by atoms with Crippen molar-refractivity contribution in [3.63, 3.8) is 0 Å². The van der Waals surface area contributed by atoms with E-state index in [1.165, 1.54) is 11.4 Å². The predicted octanol–water partition coefficient (Wildman–Crippen LogP) is 1.15. The van der Waals surface area contributed by atoms with Crippen LogP contribution >= 0.6 is 0 Å². The van der Waals surface area contributed by atoms with Crippen molar-refractivity contribution < 1.29 is 18.3 Å². The predicted molar refractivity (Wildman–Crippen MR) is 80.5 cm³/mol. The fourth-order valence-electron chi connectivity index (χ4n) is 2.60. The number of anilines is 1. The summed E-state index contributed by atoms with van der Waals surface area (Å²) < 4.78 is 30.1. The van der Waals surface area contributed by atoms with Crippen LogP contribution < -0.4 is 4.31 Å². The Kier molecular flexibility index (Phi) is 3.64. The van der Waals surface area contributed by atoms with Crippen molar-refractivity contribution in [1.82, 2.24) is 4.90 Å². The van der Waals surface area contributed by atoms with Crippen LogP contribution in [0.15, 0.2) is 23.6 Å². The number of fused-ring (bicyclic) bond motifs is 1. The minimum Gasteiger partial charge on any atom is -0.506 e. The fourth-order valence-corrected chi connectivity index (χ4v) is 3.60. The highest BCUT2D eigenvalue weighted by Gasteiger charge is 2.27. The number of aliphatic hydroxyl groups is 1. The van der Waals surface area contributed by atoms with Gasteiger partial charge in [0.15, 0.2) is 0 Å². The summed E-state index contributed by atoms with van der Waals surface area (Å²) in [7, 11) is -2.08. The van der Waals surface area contributed by atoms with Crippen LogP contribution in [0.3, 0.4) is 0 Å². The lowest BCUT2D eigenvalue weighted by Crippen LogP contribution is -2.35. The first-order valence-electron chi connectivity index (χ1n) is 6.80. The lowest BCUT2D eigenvalue weighted by Gasteiger charge is -2.28. The Bertz CT molecular complexity index is 678. The number of hydrogen-bond acceptors (Lipinski definition) is 5. The van der Waals surface area contributed by atoms with Gasteiger partial charge in [0, 0.05) is 32.2 Å². The number of sulfonamides is 1. The second-order valence-electron chi connectivity index (χ2n) is 5.26. The zero-order chi connectivity index (χ0) is 15.0. The molecule has 1 aromatic rings. The first kappa shape index (κ1) is 14.4. The molecule has 1 N–H and O–H groups in total. The zero-order valence-electron chi connectivity index (χ0n) is 11.8. The first-order chi connectivity index (χ1) is 9.97. The summed E-state index contributed by atoms with van der Waals surface area (Å²) >= 11 is 0. The van der Waals surface area contributed by atoms with Gasteiger partial charge >= 0.3 is 0 Å². The van der Waals surface area contributed by atoms with Crippen LogP contribution in [-0.2, 0) is 21.3 Å². The normalized spacial score (nSPS) is 21.8. The summed E-state index contributed by atoms with van der Waals surface area (Å²) in [5, 5.41) is 10.9. The molecule has 114 valence electrons. The third kappa shape index (κ3) is 2.76. The zero-order valence-corrected chi connectivity index (χ0v) is 12.6. The van der Waals surface area contributed by atoms with Crippen molar-refractivity contribution in [1.29, 1.82) is 0 Å². The van der Waals surface area contributed by atoms with Gasteiger partial charge in [-0.05, 0) is 17.7 Å². The fraction of sp³-hybridized carbons (Fsp3) is 0.429. The van der Waals surface area contributed by atoms with E-state index in [4.69, 9.17) is 4.74 Å². The van der Waals surface area contributed by atoms with E-state index < -0.39 is 10.0 Å². The molecule has 0 saturated carbocycles. The molecule has 2 aliphatic rings. The minimum atomic E-state index is -3.57. The van der Waals surface area contributed by atoms with E-state index in [0.29, 0.717) is 11.3 Å². The molecule has 0 unspecified atom stereocenters. The summed E-state index contributed by atoms with van der Waals surface area (Å²) in [5.41, 5.74) is 2.10. The largest absolute Gasteiger partial charge is 0.506 e. The van der Waals surface area contributed by atoms with Crippen LogP contribution in [0.5, 0.6) is 0 Å². The SMILES string of the molecule is CN1c2ccc(CN3CCOCC3)cc2C(O)=CS1(=O)=O. The molecule has 1 fully saturated rings. The molecular weight excluding hydrogens is 292 g/mol. The van der Waals surface area contributed by atoms with Crippen LogP contribution in [0, 0.1) is 0 Å². The van der Waals surface area contributed by atoms with Crippen molar-refractivity contribution in [2.75, 3.05) is 37.7 Å². The number of hydrogen-bond donors (Lipinski definition) is 1. The minimum absolute atomic E-state index is 0.202. The molecule has 2 heterocycles. The standard InChI is InChI=1S/C14H18N2O4S/c1-15-13-3-2-11(9-16-4-6-20-7-5-16)8-12(13)14(17)10-21(15,18)19/h2-3,8,10,17H,4-7,9H2,1H3. The Balaban J connectivity index is 1.89. The number of nitrogens with zero attached hydrogens (tertiary/aromatic N) is 2. The molecule has 1 saturated heterocycles. The summed E-state index contributed by atoms with van der Waals surface area (Å²) in [4.78, 5) is 2.27. The van der Waals surface area contributed by atoms with Gasteiger partial charge < -0.3 is 9.84 Å². The van der Waals surface area contributed by atoms with Crippen LogP contribution in [0.2, 0.25) is 0 Å². The van der Waals surface area contributed by atoms with Crippen molar-refractivity contribution >= 4 is 21.5 Å². The van der Waals surface area contributed by atoms with Crippen LogP contribution in [0.1, 0.15) is 11.1 Å². The molecule has 0 atom stereocenters. The second-order valence-corrected chi connectivity index (χ2v) is 7.07. The molecule has 0 radical (unpaired) electrons. The van der Waals surface area contributed by atoms with Crippen LogP contribution in [-0.4, -0.2) is 51.8 Å². The highest BCUT2D eigenvalue weighted by Crippen LogP contribution is 2.33. The second kappa shape index (κ2) is 5.32. The summed E-state index contributed by atoms with van der Waals surface area (Å²) in [6.07, 6.45) is 0. The van der Waals surface area contributed by atoms with Crippen molar-refractivity contribution in [2.45, 2.75) is 6.54 Å².